The lowest BCUT2D eigenvalue weighted by atomic mass is 9.80. The fourth-order valence-electron chi connectivity index (χ4n) is 2.12. The van der Waals surface area contributed by atoms with Gasteiger partial charge in [0, 0.05) is 13.7 Å². The fraction of sp³-hybridized carbons (Fsp3) is 0.692. The van der Waals surface area contributed by atoms with Gasteiger partial charge in [-0.15, -0.1) is 0 Å². The Kier molecular flexibility index (Phi) is 4.42. The van der Waals surface area contributed by atoms with E-state index in [1.807, 2.05) is 6.92 Å². The van der Waals surface area contributed by atoms with Crippen LogP contribution in [0, 0.1) is 6.92 Å². The molecule has 0 bridgehead atoms. The summed E-state index contributed by atoms with van der Waals surface area (Å²) in [4.78, 5) is 16.6. The van der Waals surface area contributed by atoms with E-state index in [1.165, 1.54) is 17.8 Å². The summed E-state index contributed by atoms with van der Waals surface area (Å²) in [6, 6.07) is 0. The van der Waals surface area contributed by atoms with E-state index in [2.05, 4.69) is 10.3 Å². The Morgan fingerprint density at radius 3 is 2.79 bits per heavy atom. The van der Waals surface area contributed by atoms with Crippen molar-refractivity contribution in [3.05, 3.63) is 10.6 Å². The number of aromatic nitrogens is 1. The average Bonchev–Trinajstić information content (AvgIpc) is 2.70. The third-order valence-electron chi connectivity index (χ3n) is 3.52. The molecule has 1 aliphatic carbocycles. The first kappa shape index (κ1) is 14.3. The van der Waals surface area contributed by atoms with Gasteiger partial charge in [-0.2, -0.15) is 0 Å². The molecule has 106 valence electrons. The molecule has 19 heavy (non-hydrogen) atoms. The first-order valence-corrected chi connectivity index (χ1v) is 7.35. The van der Waals surface area contributed by atoms with Gasteiger partial charge in [0.1, 0.15) is 4.88 Å². The van der Waals surface area contributed by atoms with E-state index in [0.29, 0.717) is 17.2 Å². The largest absolute Gasteiger partial charge is 0.462 e. The molecule has 0 spiro atoms. The van der Waals surface area contributed by atoms with Gasteiger partial charge in [0.2, 0.25) is 0 Å². The molecule has 1 aromatic rings. The van der Waals surface area contributed by atoms with Crippen molar-refractivity contribution in [2.45, 2.75) is 38.7 Å². The summed E-state index contributed by atoms with van der Waals surface area (Å²) in [6.45, 7) is 4.74. The molecule has 1 aliphatic rings. The van der Waals surface area contributed by atoms with Crippen molar-refractivity contribution >= 4 is 22.4 Å². The number of hydrogen-bond acceptors (Lipinski definition) is 6. The summed E-state index contributed by atoms with van der Waals surface area (Å²) in [5.41, 5.74) is 0.662. The molecule has 0 radical (unpaired) electrons. The average molecular weight is 284 g/mol. The monoisotopic (exact) mass is 284 g/mol. The maximum absolute atomic E-state index is 11.7. The van der Waals surface area contributed by atoms with Crippen molar-refractivity contribution in [1.29, 1.82) is 0 Å². The number of nitrogens with one attached hydrogen (secondary N) is 1. The number of aryl methyl sites for hydroxylation is 1. The number of thiazole rings is 1. The van der Waals surface area contributed by atoms with Crippen molar-refractivity contribution in [3.63, 3.8) is 0 Å². The van der Waals surface area contributed by atoms with E-state index in [0.717, 1.165) is 24.5 Å². The number of carbonyl (C=O) groups is 1. The van der Waals surface area contributed by atoms with E-state index < -0.39 is 0 Å². The number of nitrogens with zero attached hydrogens (tertiary/aromatic N) is 1. The van der Waals surface area contributed by atoms with Gasteiger partial charge >= 0.3 is 5.97 Å². The van der Waals surface area contributed by atoms with Gasteiger partial charge in [0.15, 0.2) is 5.13 Å². The molecule has 6 heteroatoms. The highest BCUT2D eigenvalue weighted by atomic mass is 32.1. The summed E-state index contributed by atoms with van der Waals surface area (Å²) in [5.74, 6) is -0.296. The minimum atomic E-state index is -0.296. The van der Waals surface area contributed by atoms with Crippen molar-refractivity contribution in [1.82, 2.24) is 4.98 Å². The van der Waals surface area contributed by atoms with Crippen molar-refractivity contribution in [2.75, 3.05) is 25.6 Å². The predicted octanol–water partition coefficient (Wildman–Crippen LogP) is 2.61. The lowest BCUT2D eigenvalue weighted by Gasteiger charge is -2.40. The Labute approximate surface area is 117 Å². The van der Waals surface area contributed by atoms with Gasteiger partial charge in [-0.1, -0.05) is 11.3 Å². The maximum Gasteiger partial charge on any atom is 0.350 e. The second-order valence-corrected chi connectivity index (χ2v) is 5.75. The Bertz CT molecular complexity index is 449. The van der Waals surface area contributed by atoms with Crippen molar-refractivity contribution in [3.8, 4) is 0 Å². The van der Waals surface area contributed by atoms with E-state index in [1.54, 1.807) is 14.0 Å². The molecule has 0 unspecified atom stereocenters. The third-order valence-corrected chi connectivity index (χ3v) is 4.61. The zero-order valence-corrected chi connectivity index (χ0v) is 12.4. The molecule has 2 rings (SSSR count). The number of ether oxygens (including phenoxy) is 2. The molecule has 1 saturated carbocycles. The highest BCUT2D eigenvalue weighted by Crippen LogP contribution is 2.35. The molecule has 0 amide bonds. The molecule has 1 aromatic heterocycles. The SMILES string of the molecule is CCOC(=O)c1sc(NCC2(OC)CCC2)nc1C. The zero-order chi connectivity index (χ0) is 13.9. The van der Waals surface area contributed by atoms with Gasteiger partial charge in [-0.3, -0.25) is 0 Å². The molecular weight excluding hydrogens is 264 g/mol. The quantitative estimate of drug-likeness (QED) is 0.814. The number of rotatable bonds is 6. The summed E-state index contributed by atoms with van der Waals surface area (Å²) < 4.78 is 10.5. The van der Waals surface area contributed by atoms with Gasteiger partial charge < -0.3 is 14.8 Å². The van der Waals surface area contributed by atoms with Crippen LogP contribution in [0.2, 0.25) is 0 Å². The van der Waals surface area contributed by atoms with E-state index in [4.69, 9.17) is 9.47 Å². The van der Waals surface area contributed by atoms with Crippen molar-refractivity contribution in [2.24, 2.45) is 0 Å². The number of carbonyl (C=O) groups excluding carboxylic acids is 1. The maximum atomic E-state index is 11.7. The Hall–Kier alpha value is -1.14. The Balaban J connectivity index is 1.98. The normalized spacial score (nSPS) is 16.8. The van der Waals surface area contributed by atoms with Crippen molar-refractivity contribution < 1.29 is 14.3 Å². The molecule has 1 heterocycles. The second-order valence-electron chi connectivity index (χ2n) is 4.75. The Morgan fingerprint density at radius 1 is 1.53 bits per heavy atom. The lowest BCUT2D eigenvalue weighted by Crippen LogP contribution is -2.45. The van der Waals surface area contributed by atoms with Crippen LogP contribution in [0.15, 0.2) is 0 Å². The van der Waals surface area contributed by atoms with Gasteiger partial charge in [0.25, 0.3) is 0 Å². The van der Waals surface area contributed by atoms with Gasteiger partial charge in [0.05, 0.1) is 17.9 Å². The van der Waals surface area contributed by atoms with Crippen LogP contribution in [0.25, 0.3) is 0 Å². The van der Waals surface area contributed by atoms with Crippen LogP contribution in [-0.2, 0) is 9.47 Å². The molecular formula is C13H20N2O3S. The van der Waals surface area contributed by atoms with E-state index in [9.17, 15) is 4.79 Å². The number of esters is 1. The topological polar surface area (TPSA) is 60.5 Å². The minimum Gasteiger partial charge on any atom is -0.462 e. The molecule has 0 saturated heterocycles. The fourth-order valence-corrected chi connectivity index (χ4v) is 2.97. The summed E-state index contributed by atoms with van der Waals surface area (Å²) in [7, 11) is 1.75. The summed E-state index contributed by atoms with van der Waals surface area (Å²) in [6.07, 6.45) is 3.36. The van der Waals surface area contributed by atoms with Crippen LogP contribution in [0.3, 0.4) is 0 Å². The van der Waals surface area contributed by atoms with Crippen LogP contribution in [0.5, 0.6) is 0 Å². The molecule has 1 fully saturated rings. The minimum absolute atomic E-state index is 0.0519. The Morgan fingerprint density at radius 2 is 2.26 bits per heavy atom. The molecule has 0 aromatic carbocycles. The van der Waals surface area contributed by atoms with Crippen LogP contribution in [0.4, 0.5) is 5.13 Å². The van der Waals surface area contributed by atoms with E-state index in [-0.39, 0.29) is 11.6 Å². The van der Waals surface area contributed by atoms with Gasteiger partial charge in [-0.05, 0) is 33.1 Å². The zero-order valence-electron chi connectivity index (χ0n) is 11.6. The first-order valence-electron chi connectivity index (χ1n) is 6.54. The highest BCUT2D eigenvalue weighted by molar-refractivity contribution is 7.17. The number of methoxy groups -OCH3 is 1. The summed E-state index contributed by atoms with van der Waals surface area (Å²) in [5, 5.41) is 4.02. The second kappa shape index (κ2) is 5.88. The molecule has 1 N–H and O–H groups in total. The molecule has 0 aliphatic heterocycles. The van der Waals surface area contributed by atoms with Gasteiger partial charge in [-0.25, -0.2) is 9.78 Å². The standard InChI is InChI=1S/C13H20N2O3S/c1-4-18-11(16)10-9(2)15-12(19-10)14-8-13(17-3)6-5-7-13/h4-8H2,1-3H3,(H,14,15). The molecule has 0 atom stereocenters. The molecule has 5 nitrogen and oxygen atoms in total. The predicted molar refractivity (Wildman–Crippen MR) is 74.9 cm³/mol. The third kappa shape index (κ3) is 3.06. The number of anilines is 1. The van der Waals surface area contributed by atoms with Crippen LogP contribution in [-0.4, -0.2) is 36.8 Å². The smallest absolute Gasteiger partial charge is 0.350 e. The number of hydrogen-bond donors (Lipinski definition) is 1. The summed E-state index contributed by atoms with van der Waals surface area (Å²) >= 11 is 1.34. The van der Waals surface area contributed by atoms with Crippen LogP contribution in [0.1, 0.15) is 41.6 Å². The highest BCUT2D eigenvalue weighted by Gasteiger charge is 2.37. The van der Waals surface area contributed by atoms with E-state index >= 15 is 0 Å². The lowest BCUT2D eigenvalue weighted by molar-refractivity contribution is -0.0601. The first-order chi connectivity index (χ1) is 9.10. The van der Waals surface area contributed by atoms with Crippen LogP contribution >= 0.6 is 11.3 Å². The van der Waals surface area contributed by atoms with Crippen LogP contribution < -0.4 is 5.32 Å².